The summed E-state index contributed by atoms with van der Waals surface area (Å²) in [5.74, 6) is 1.42. The van der Waals surface area contributed by atoms with Gasteiger partial charge in [0.15, 0.2) is 11.0 Å². The van der Waals surface area contributed by atoms with Crippen LogP contribution in [0.25, 0.3) is 0 Å². The highest BCUT2D eigenvalue weighted by Crippen LogP contribution is 2.21. The summed E-state index contributed by atoms with van der Waals surface area (Å²) in [6.45, 7) is 9.06. The van der Waals surface area contributed by atoms with Gasteiger partial charge in [-0.1, -0.05) is 43.8 Å². The summed E-state index contributed by atoms with van der Waals surface area (Å²) >= 11 is 1.35. The summed E-state index contributed by atoms with van der Waals surface area (Å²) < 4.78 is 7.02. The molecule has 0 saturated carbocycles. The van der Waals surface area contributed by atoms with Crippen LogP contribution in [0.3, 0.4) is 0 Å². The summed E-state index contributed by atoms with van der Waals surface area (Å²) in [5.41, 5.74) is 2.08. The molecule has 2 rings (SSSR count). The van der Waals surface area contributed by atoms with Crippen LogP contribution in [0.2, 0.25) is 0 Å². The molecule has 2 aromatic rings. The minimum absolute atomic E-state index is 0.0762. The Morgan fingerprint density at radius 2 is 2.12 bits per heavy atom. The lowest BCUT2D eigenvalue weighted by molar-refractivity contribution is -0.113. The first-order valence-corrected chi connectivity index (χ1v) is 9.62. The van der Waals surface area contributed by atoms with Crippen LogP contribution in [0, 0.1) is 0 Å². The Balaban J connectivity index is 1.93. The molecule has 0 aliphatic heterocycles. The topological polar surface area (TPSA) is 69.0 Å². The Bertz CT molecular complexity index is 728. The fourth-order valence-corrected chi connectivity index (χ4v) is 3.20. The Labute approximate surface area is 159 Å². The van der Waals surface area contributed by atoms with Crippen LogP contribution >= 0.6 is 11.8 Å². The molecule has 6 nitrogen and oxygen atoms in total. The quantitative estimate of drug-likeness (QED) is 0.505. The molecule has 0 aliphatic rings. The van der Waals surface area contributed by atoms with Crippen molar-refractivity contribution in [3.63, 3.8) is 0 Å². The lowest BCUT2D eigenvalue weighted by atomic mass is 9.99. The highest BCUT2D eigenvalue weighted by molar-refractivity contribution is 7.99. The number of hydrogen-bond donors (Lipinski definition) is 1. The Hall–Kier alpha value is -2.12. The number of carbonyl (C=O) groups excluding carboxylic acids is 1. The van der Waals surface area contributed by atoms with Gasteiger partial charge in [-0.3, -0.25) is 4.79 Å². The number of hydrogen-bond acceptors (Lipinski definition) is 5. The maximum atomic E-state index is 12.2. The van der Waals surface area contributed by atoms with Crippen LogP contribution in [-0.2, 0) is 22.7 Å². The zero-order valence-electron chi connectivity index (χ0n) is 15.6. The molecule has 140 valence electrons. The molecule has 0 saturated heterocycles. The van der Waals surface area contributed by atoms with E-state index >= 15 is 0 Å². The number of carbonyl (C=O) groups is 1. The van der Waals surface area contributed by atoms with Gasteiger partial charge in [-0.2, -0.15) is 0 Å². The SMILES string of the molecule is C=CCn1c(COC)nnc1SCC(=O)Nc1ccc(C(C)CC)cc1. The molecule has 0 radical (unpaired) electrons. The predicted molar refractivity (Wildman–Crippen MR) is 105 cm³/mol. The van der Waals surface area contributed by atoms with Gasteiger partial charge >= 0.3 is 0 Å². The van der Waals surface area contributed by atoms with Crippen molar-refractivity contribution in [2.45, 2.75) is 44.5 Å². The number of benzene rings is 1. The average molecular weight is 375 g/mol. The zero-order valence-corrected chi connectivity index (χ0v) is 16.4. The first kappa shape index (κ1) is 20.2. The van der Waals surface area contributed by atoms with Gasteiger partial charge in [-0.15, -0.1) is 16.8 Å². The second kappa shape index (κ2) is 10.1. The maximum Gasteiger partial charge on any atom is 0.234 e. The lowest BCUT2D eigenvalue weighted by Gasteiger charge is -2.10. The molecule has 1 amide bonds. The van der Waals surface area contributed by atoms with Gasteiger partial charge in [0.2, 0.25) is 5.91 Å². The summed E-state index contributed by atoms with van der Waals surface area (Å²) in [6.07, 6.45) is 2.87. The number of nitrogens with zero attached hydrogens (tertiary/aromatic N) is 3. The fraction of sp³-hybridized carbons (Fsp3) is 0.421. The van der Waals surface area contributed by atoms with Crippen molar-refractivity contribution in [1.29, 1.82) is 0 Å². The van der Waals surface area contributed by atoms with Crippen molar-refractivity contribution < 1.29 is 9.53 Å². The van der Waals surface area contributed by atoms with Crippen LogP contribution in [0.4, 0.5) is 5.69 Å². The average Bonchev–Trinajstić information content (AvgIpc) is 3.02. The third-order valence-electron chi connectivity index (χ3n) is 4.09. The van der Waals surface area contributed by atoms with E-state index in [-0.39, 0.29) is 11.7 Å². The molecule has 1 unspecified atom stereocenters. The van der Waals surface area contributed by atoms with E-state index in [2.05, 4.69) is 48.1 Å². The normalized spacial score (nSPS) is 12.0. The van der Waals surface area contributed by atoms with Gasteiger partial charge in [0.1, 0.15) is 6.61 Å². The number of ether oxygens (including phenoxy) is 1. The van der Waals surface area contributed by atoms with Crippen LogP contribution in [0.1, 0.15) is 37.6 Å². The van der Waals surface area contributed by atoms with Gasteiger partial charge in [0, 0.05) is 19.3 Å². The summed E-state index contributed by atoms with van der Waals surface area (Å²) in [4.78, 5) is 12.2. The fourth-order valence-electron chi connectivity index (χ4n) is 2.43. The van der Waals surface area contributed by atoms with E-state index in [0.29, 0.717) is 24.2 Å². The smallest absolute Gasteiger partial charge is 0.234 e. The molecule has 1 atom stereocenters. The lowest BCUT2D eigenvalue weighted by Crippen LogP contribution is -2.15. The molecular formula is C19H26N4O2S. The van der Waals surface area contributed by atoms with E-state index in [0.717, 1.165) is 17.9 Å². The van der Waals surface area contributed by atoms with E-state index in [9.17, 15) is 4.79 Å². The molecule has 7 heteroatoms. The van der Waals surface area contributed by atoms with Crippen molar-refractivity contribution in [2.75, 3.05) is 18.2 Å². The van der Waals surface area contributed by atoms with Gasteiger partial charge in [-0.05, 0) is 30.0 Å². The monoisotopic (exact) mass is 374 g/mol. The molecule has 1 N–H and O–H groups in total. The largest absolute Gasteiger partial charge is 0.377 e. The highest BCUT2D eigenvalue weighted by Gasteiger charge is 2.13. The molecule has 1 aromatic carbocycles. The molecule has 0 spiro atoms. The number of allylic oxidation sites excluding steroid dienone is 1. The van der Waals surface area contributed by atoms with E-state index in [4.69, 9.17) is 4.74 Å². The first-order valence-electron chi connectivity index (χ1n) is 8.63. The minimum atomic E-state index is -0.0762. The second-order valence-corrected chi connectivity index (χ2v) is 6.94. The predicted octanol–water partition coefficient (Wildman–Crippen LogP) is 3.85. The number of thioether (sulfide) groups is 1. The van der Waals surface area contributed by atoms with Gasteiger partial charge in [-0.25, -0.2) is 0 Å². The third-order valence-corrected chi connectivity index (χ3v) is 5.05. The maximum absolute atomic E-state index is 12.2. The summed E-state index contributed by atoms with van der Waals surface area (Å²) in [7, 11) is 1.61. The van der Waals surface area contributed by atoms with Crippen molar-refractivity contribution in [3.8, 4) is 0 Å². The van der Waals surface area contributed by atoms with Crippen LogP contribution < -0.4 is 5.32 Å². The van der Waals surface area contributed by atoms with Crippen LogP contribution in [0.15, 0.2) is 42.1 Å². The van der Waals surface area contributed by atoms with Crippen molar-refractivity contribution in [1.82, 2.24) is 14.8 Å². The second-order valence-electron chi connectivity index (χ2n) is 6.00. The zero-order chi connectivity index (χ0) is 18.9. The number of anilines is 1. The van der Waals surface area contributed by atoms with E-state index in [1.54, 1.807) is 13.2 Å². The summed E-state index contributed by atoms with van der Waals surface area (Å²) in [5, 5.41) is 11.8. The van der Waals surface area contributed by atoms with Crippen LogP contribution in [0.5, 0.6) is 0 Å². The van der Waals surface area contributed by atoms with E-state index in [1.807, 2.05) is 16.7 Å². The number of aromatic nitrogens is 3. The number of amides is 1. The molecule has 1 heterocycles. The Morgan fingerprint density at radius 1 is 1.38 bits per heavy atom. The summed E-state index contributed by atoms with van der Waals surface area (Å²) in [6, 6.07) is 8.02. The Kier molecular flexibility index (Phi) is 7.87. The molecule has 26 heavy (non-hydrogen) atoms. The van der Waals surface area contributed by atoms with Gasteiger partial charge in [0.05, 0.1) is 5.75 Å². The number of methoxy groups -OCH3 is 1. The minimum Gasteiger partial charge on any atom is -0.377 e. The number of nitrogens with one attached hydrogen (secondary N) is 1. The van der Waals surface area contributed by atoms with E-state index < -0.39 is 0 Å². The molecule has 0 aliphatic carbocycles. The molecular weight excluding hydrogens is 348 g/mol. The van der Waals surface area contributed by atoms with Crippen LogP contribution in [-0.4, -0.2) is 33.5 Å². The highest BCUT2D eigenvalue weighted by atomic mass is 32.2. The van der Waals surface area contributed by atoms with E-state index in [1.165, 1.54) is 17.3 Å². The standard InChI is InChI=1S/C19H26N4O2S/c1-5-11-23-17(12-25-4)21-22-19(23)26-13-18(24)20-16-9-7-15(8-10-16)14(3)6-2/h5,7-10,14H,1,6,11-13H2,2-4H3,(H,20,24). The van der Waals surface area contributed by atoms with Gasteiger partial charge in [0.25, 0.3) is 0 Å². The molecule has 1 aromatic heterocycles. The van der Waals surface area contributed by atoms with Crippen molar-refractivity contribution in [3.05, 3.63) is 48.3 Å². The first-order chi connectivity index (χ1) is 12.6. The Morgan fingerprint density at radius 3 is 2.73 bits per heavy atom. The molecule has 0 bridgehead atoms. The molecule has 0 fully saturated rings. The number of rotatable bonds is 10. The van der Waals surface area contributed by atoms with Crippen molar-refractivity contribution in [2.24, 2.45) is 0 Å². The van der Waals surface area contributed by atoms with Gasteiger partial charge < -0.3 is 14.6 Å². The van der Waals surface area contributed by atoms with Crippen molar-refractivity contribution >= 4 is 23.4 Å². The third kappa shape index (κ3) is 5.44.